The molecule has 2 aromatic rings. The Morgan fingerprint density at radius 3 is 2.73 bits per heavy atom. The summed E-state index contributed by atoms with van der Waals surface area (Å²) in [5.74, 6) is -0.748. The van der Waals surface area contributed by atoms with E-state index in [4.69, 9.17) is 18.6 Å². The van der Waals surface area contributed by atoms with Gasteiger partial charge in [0.1, 0.15) is 11.5 Å². The van der Waals surface area contributed by atoms with Gasteiger partial charge in [0.05, 0.1) is 38.2 Å². The molecule has 1 aromatic heterocycles. The molecule has 1 aromatic carbocycles. The molecule has 4 rings (SSSR count). The first kappa shape index (κ1) is 20.0. The van der Waals surface area contributed by atoms with Crippen molar-refractivity contribution in [1.82, 2.24) is 4.90 Å². The Bertz CT molecular complexity index is 973. The van der Waals surface area contributed by atoms with E-state index in [1.165, 1.54) is 31.4 Å². The van der Waals surface area contributed by atoms with Gasteiger partial charge in [0.25, 0.3) is 5.91 Å². The number of Topliss-reactive ketones (excluding diaryl/α,β-unsaturated/α-hetero) is 1. The molecule has 1 saturated heterocycles. The van der Waals surface area contributed by atoms with E-state index in [9.17, 15) is 14.7 Å². The number of amides is 1. The topological polar surface area (TPSA) is 98.4 Å². The second-order valence-electron chi connectivity index (χ2n) is 7.17. The van der Waals surface area contributed by atoms with E-state index in [1.54, 1.807) is 24.3 Å². The third-order valence-corrected chi connectivity index (χ3v) is 5.45. The summed E-state index contributed by atoms with van der Waals surface area (Å²) in [5, 5.41) is 10.7. The maximum Gasteiger partial charge on any atom is 0.290 e. The fraction of sp³-hybridized carbons (Fsp3) is 0.364. The number of rotatable bonds is 7. The van der Waals surface area contributed by atoms with Crippen LogP contribution in [-0.2, 0) is 9.53 Å². The number of aliphatic hydroxyl groups is 1. The first-order valence-corrected chi connectivity index (χ1v) is 9.71. The molecule has 30 heavy (non-hydrogen) atoms. The van der Waals surface area contributed by atoms with Crippen molar-refractivity contribution in [3.63, 3.8) is 0 Å². The molecule has 2 atom stereocenters. The summed E-state index contributed by atoms with van der Waals surface area (Å²) in [6, 6.07) is 7.33. The van der Waals surface area contributed by atoms with Crippen LogP contribution in [0.25, 0.3) is 0 Å². The number of hydrogen-bond donors (Lipinski definition) is 1. The Morgan fingerprint density at radius 2 is 2.10 bits per heavy atom. The number of ketones is 1. The molecule has 1 N–H and O–H groups in total. The molecular weight excluding hydrogens is 390 g/mol. The van der Waals surface area contributed by atoms with Gasteiger partial charge >= 0.3 is 0 Å². The minimum Gasteiger partial charge on any atom is -0.503 e. The molecular formula is C22H23NO7. The molecule has 0 aliphatic carbocycles. The lowest BCUT2D eigenvalue weighted by atomic mass is 9.94. The molecule has 2 aliphatic heterocycles. The number of methoxy groups -OCH3 is 2. The van der Waals surface area contributed by atoms with E-state index in [-0.39, 0.29) is 24.0 Å². The zero-order valence-corrected chi connectivity index (χ0v) is 16.8. The number of benzene rings is 1. The van der Waals surface area contributed by atoms with Gasteiger partial charge in [-0.3, -0.25) is 9.59 Å². The Balaban J connectivity index is 1.83. The van der Waals surface area contributed by atoms with Crippen molar-refractivity contribution < 1.29 is 33.3 Å². The number of nitrogens with zero attached hydrogens (tertiary/aromatic N) is 1. The van der Waals surface area contributed by atoms with Crippen molar-refractivity contribution in [3.8, 4) is 11.5 Å². The largest absolute Gasteiger partial charge is 0.503 e. The fourth-order valence-corrected chi connectivity index (χ4v) is 4.00. The Morgan fingerprint density at radius 1 is 1.27 bits per heavy atom. The van der Waals surface area contributed by atoms with E-state index in [2.05, 4.69) is 0 Å². The van der Waals surface area contributed by atoms with Crippen molar-refractivity contribution in [2.24, 2.45) is 0 Å². The number of ether oxygens (including phenoxy) is 3. The van der Waals surface area contributed by atoms with E-state index in [1.807, 2.05) is 0 Å². The summed E-state index contributed by atoms with van der Waals surface area (Å²) >= 11 is 0. The maximum atomic E-state index is 13.2. The lowest BCUT2D eigenvalue weighted by molar-refractivity contribution is -0.131. The fourth-order valence-electron chi connectivity index (χ4n) is 4.00. The van der Waals surface area contributed by atoms with Gasteiger partial charge in [-0.05, 0) is 43.2 Å². The van der Waals surface area contributed by atoms with E-state index in [0.29, 0.717) is 23.7 Å². The molecule has 1 amide bonds. The average molecular weight is 413 g/mol. The molecule has 158 valence electrons. The average Bonchev–Trinajstić information content (AvgIpc) is 3.52. The second-order valence-corrected chi connectivity index (χ2v) is 7.17. The van der Waals surface area contributed by atoms with Crippen LogP contribution < -0.4 is 9.47 Å². The van der Waals surface area contributed by atoms with E-state index >= 15 is 0 Å². The minimum absolute atomic E-state index is 0.0372. The standard InChI is InChI=1S/C22H23NO7/c1-27-13-7-8-16(28-2)15(11-13)19-18(20(24)17-6-4-10-30-17)21(25)22(26)23(19)12-14-5-3-9-29-14/h4,6-8,10-11,14,19,25H,3,5,9,12H2,1-2H3/t14-,19-/m1/s1. The highest BCUT2D eigenvalue weighted by Gasteiger charge is 2.46. The number of hydrogen-bond acceptors (Lipinski definition) is 7. The van der Waals surface area contributed by atoms with Crippen molar-refractivity contribution >= 4 is 11.7 Å². The van der Waals surface area contributed by atoms with Gasteiger partial charge in [0, 0.05) is 18.7 Å². The molecule has 0 bridgehead atoms. The summed E-state index contributed by atoms with van der Waals surface area (Å²) in [6.45, 7) is 0.861. The molecule has 0 radical (unpaired) electrons. The number of carbonyl (C=O) groups excluding carboxylic acids is 2. The molecule has 8 nitrogen and oxygen atoms in total. The van der Waals surface area contributed by atoms with Gasteiger partial charge < -0.3 is 28.6 Å². The van der Waals surface area contributed by atoms with Gasteiger partial charge in [-0.1, -0.05) is 0 Å². The van der Waals surface area contributed by atoms with Crippen molar-refractivity contribution in [1.29, 1.82) is 0 Å². The Hall–Kier alpha value is -3.26. The summed E-state index contributed by atoms with van der Waals surface area (Å²) in [6.07, 6.45) is 2.90. The number of furan rings is 1. The summed E-state index contributed by atoms with van der Waals surface area (Å²) in [7, 11) is 3.03. The maximum absolute atomic E-state index is 13.2. The zero-order chi connectivity index (χ0) is 21.3. The number of carbonyl (C=O) groups is 2. The lowest BCUT2D eigenvalue weighted by Gasteiger charge is -2.29. The minimum atomic E-state index is -0.871. The van der Waals surface area contributed by atoms with Crippen molar-refractivity contribution in [2.75, 3.05) is 27.4 Å². The normalized spacial score (nSPS) is 21.4. The third-order valence-electron chi connectivity index (χ3n) is 5.45. The first-order chi connectivity index (χ1) is 14.5. The predicted octanol–water partition coefficient (Wildman–Crippen LogP) is 3.05. The Kier molecular flexibility index (Phi) is 5.50. The highest BCUT2D eigenvalue weighted by atomic mass is 16.5. The van der Waals surface area contributed by atoms with Crippen LogP contribution in [0.2, 0.25) is 0 Å². The summed E-state index contributed by atoms with van der Waals surface area (Å²) < 4.78 is 21.8. The quantitative estimate of drug-likeness (QED) is 0.697. The molecule has 1 fully saturated rings. The molecule has 0 saturated carbocycles. The van der Waals surface area contributed by atoms with Crippen LogP contribution >= 0.6 is 0 Å². The predicted molar refractivity (Wildman–Crippen MR) is 106 cm³/mol. The summed E-state index contributed by atoms with van der Waals surface area (Å²) in [5.41, 5.74) is 0.474. The van der Waals surface area contributed by atoms with Gasteiger partial charge in [-0.2, -0.15) is 0 Å². The van der Waals surface area contributed by atoms with Crippen LogP contribution in [-0.4, -0.2) is 55.2 Å². The monoisotopic (exact) mass is 413 g/mol. The van der Waals surface area contributed by atoms with Gasteiger partial charge in [-0.25, -0.2) is 0 Å². The van der Waals surface area contributed by atoms with Crippen LogP contribution in [0.3, 0.4) is 0 Å². The van der Waals surface area contributed by atoms with Crippen molar-refractivity contribution in [3.05, 3.63) is 59.3 Å². The second kappa shape index (κ2) is 8.23. The smallest absolute Gasteiger partial charge is 0.290 e. The van der Waals surface area contributed by atoms with E-state index in [0.717, 1.165) is 12.8 Å². The molecule has 2 aliphatic rings. The lowest BCUT2D eigenvalue weighted by Crippen LogP contribution is -2.37. The van der Waals surface area contributed by atoms with Crippen LogP contribution in [0, 0.1) is 0 Å². The van der Waals surface area contributed by atoms with Crippen LogP contribution in [0.1, 0.15) is 35.0 Å². The highest BCUT2D eigenvalue weighted by Crippen LogP contribution is 2.44. The van der Waals surface area contributed by atoms with Crippen LogP contribution in [0.5, 0.6) is 11.5 Å². The zero-order valence-electron chi connectivity index (χ0n) is 16.8. The molecule has 0 unspecified atom stereocenters. The first-order valence-electron chi connectivity index (χ1n) is 9.71. The van der Waals surface area contributed by atoms with Gasteiger partial charge in [0.15, 0.2) is 11.5 Å². The molecule has 3 heterocycles. The molecule has 8 heteroatoms. The van der Waals surface area contributed by atoms with Crippen LogP contribution in [0.15, 0.2) is 52.3 Å². The molecule has 0 spiro atoms. The van der Waals surface area contributed by atoms with Crippen LogP contribution in [0.4, 0.5) is 0 Å². The van der Waals surface area contributed by atoms with Gasteiger partial charge in [-0.15, -0.1) is 0 Å². The number of aliphatic hydroxyl groups excluding tert-OH is 1. The summed E-state index contributed by atoms with van der Waals surface area (Å²) in [4.78, 5) is 27.7. The SMILES string of the molecule is COc1ccc(OC)c([C@@H]2C(C(=O)c3ccco3)=C(O)C(=O)N2C[C@H]2CCCO2)c1. The highest BCUT2D eigenvalue weighted by molar-refractivity contribution is 6.15. The van der Waals surface area contributed by atoms with Gasteiger partial charge in [0.2, 0.25) is 5.78 Å². The third kappa shape index (κ3) is 3.43. The van der Waals surface area contributed by atoms with Crippen molar-refractivity contribution in [2.45, 2.75) is 25.0 Å². The Labute approximate surface area is 173 Å². The van der Waals surface area contributed by atoms with E-state index < -0.39 is 23.5 Å².